The second-order valence-electron chi connectivity index (χ2n) is 4.09. The fourth-order valence-corrected chi connectivity index (χ4v) is 1.48. The molecule has 0 spiro atoms. The van der Waals surface area contributed by atoms with Gasteiger partial charge in [-0.15, -0.1) is 0 Å². The van der Waals surface area contributed by atoms with Crippen LogP contribution < -0.4 is 0 Å². The van der Waals surface area contributed by atoms with Gasteiger partial charge in [0.25, 0.3) is 0 Å². The van der Waals surface area contributed by atoms with Gasteiger partial charge in [0.1, 0.15) is 0 Å². The molecule has 0 aromatic carbocycles. The molecule has 0 amide bonds. The lowest BCUT2D eigenvalue weighted by molar-refractivity contribution is 0.781. The molecule has 0 aromatic heterocycles. The smallest absolute Gasteiger partial charge is 0.0442 e. The van der Waals surface area contributed by atoms with Crippen LogP contribution in [0.25, 0.3) is 0 Å². The largest absolute Gasteiger partial charge is 0.291 e. The zero-order chi connectivity index (χ0) is 8.97. The maximum atomic E-state index is 4.69. The summed E-state index contributed by atoms with van der Waals surface area (Å²) in [6, 6.07) is 0.498. The number of unbranched alkanes of at least 4 members (excludes halogenated alkanes) is 1. The van der Waals surface area contributed by atoms with Crippen molar-refractivity contribution in [2.24, 2.45) is 10.9 Å². The van der Waals surface area contributed by atoms with Crippen molar-refractivity contribution in [3.8, 4) is 0 Å². The maximum Gasteiger partial charge on any atom is 0.0442 e. The summed E-state index contributed by atoms with van der Waals surface area (Å²) in [6.45, 7) is 6.60. The van der Waals surface area contributed by atoms with E-state index in [4.69, 9.17) is 4.99 Å². The van der Waals surface area contributed by atoms with Crippen molar-refractivity contribution in [3.63, 3.8) is 0 Å². The minimum atomic E-state index is 0.498. The summed E-state index contributed by atoms with van der Waals surface area (Å²) in [4.78, 5) is 4.69. The molecule has 1 aliphatic rings. The molecule has 0 N–H and O–H groups in total. The molecular formula is C11H21N. The lowest BCUT2D eigenvalue weighted by atomic mass is 10.1. The molecule has 0 bridgehead atoms. The second-order valence-corrected chi connectivity index (χ2v) is 4.09. The van der Waals surface area contributed by atoms with Crippen LogP contribution in [0.1, 0.15) is 52.9 Å². The second kappa shape index (κ2) is 4.64. The normalized spacial score (nSPS) is 18.8. The summed E-state index contributed by atoms with van der Waals surface area (Å²) >= 11 is 0. The van der Waals surface area contributed by atoms with E-state index in [0.717, 1.165) is 5.92 Å². The van der Waals surface area contributed by atoms with Crippen molar-refractivity contribution in [3.05, 3.63) is 0 Å². The van der Waals surface area contributed by atoms with Gasteiger partial charge in [-0.2, -0.15) is 0 Å². The van der Waals surface area contributed by atoms with Crippen molar-refractivity contribution in [1.82, 2.24) is 0 Å². The number of rotatable bonds is 5. The van der Waals surface area contributed by atoms with E-state index >= 15 is 0 Å². The van der Waals surface area contributed by atoms with E-state index in [1.165, 1.54) is 37.8 Å². The minimum absolute atomic E-state index is 0.498. The Balaban J connectivity index is 2.37. The van der Waals surface area contributed by atoms with Crippen LogP contribution in [0.4, 0.5) is 0 Å². The molecule has 1 rings (SSSR count). The lowest BCUT2D eigenvalue weighted by Crippen LogP contribution is -2.05. The van der Waals surface area contributed by atoms with Crippen LogP contribution in [0.5, 0.6) is 0 Å². The van der Waals surface area contributed by atoms with E-state index in [-0.39, 0.29) is 0 Å². The first kappa shape index (κ1) is 9.76. The third-order valence-corrected chi connectivity index (χ3v) is 2.26. The van der Waals surface area contributed by atoms with Gasteiger partial charge < -0.3 is 0 Å². The average Bonchev–Trinajstić information content (AvgIpc) is 2.79. The zero-order valence-electron chi connectivity index (χ0n) is 8.64. The molecule has 1 fully saturated rings. The fraction of sp³-hybridized carbons (Fsp3) is 0.909. The topological polar surface area (TPSA) is 12.4 Å². The Labute approximate surface area is 76.3 Å². The Hall–Kier alpha value is -0.330. The molecule has 0 radical (unpaired) electrons. The first-order valence-corrected chi connectivity index (χ1v) is 5.30. The zero-order valence-corrected chi connectivity index (χ0v) is 8.64. The Kier molecular flexibility index (Phi) is 3.77. The monoisotopic (exact) mass is 167 g/mol. The molecule has 1 heteroatoms. The van der Waals surface area contributed by atoms with E-state index < -0.39 is 0 Å². The number of nitrogens with zero attached hydrogens (tertiary/aromatic N) is 1. The van der Waals surface area contributed by atoms with Gasteiger partial charge in [0.15, 0.2) is 0 Å². The van der Waals surface area contributed by atoms with Crippen LogP contribution in [0.15, 0.2) is 4.99 Å². The van der Waals surface area contributed by atoms with Gasteiger partial charge in [0.05, 0.1) is 0 Å². The van der Waals surface area contributed by atoms with Gasteiger partial charge in [0.2, 0.25) is 0 Å². The van der Waals surface area contributed by atoms with E-state index in [1.54, 1.807) is 0 Å². The van der Waals surface area contributed by atoms with Crippen molar-refractivity contribution in [1.29, 1.82) is 0 Å². The Morgan fingerprint density at radius 3 is 2.50 bits per heavy atom. The first-order chi connectivity index (χ1) is 5.74. The summed E-state index contributed by atoms with van der Waals surface area (Å²) < 4.78 is 0. The summed E-state index contributed by atoms with van der Waals surface area (Å²) in [5, 5.41) is 0. The molecule has 1 nitrogen and oxygen atoms in total. The molecular weight excluding hydrogens is 146 g/mol. The van der Waals surface area contributed by atoms with Crippen LogP contribution in [-0.4, -0.2) is 11.8 Å². The third-order valence-electron chi connectivity index (χ3n) is 2.26. The predicted octanol–water partition coefficient (Wildman–Crippen LogP) is 3.44. The Morgan fingerprint density at radius 1 is 1.42 bits per heavy atom. The van der Waals surface area contributed by atoms with E-state index in [2.05, 4.69) is 20.8 Å². The molecule has 12 heavy (non-hydrogen) atoms. The fourth-order valence-electron chi connectivity index (χ4n) is 1.48. The Morgan fingerprint density at radius 2 is 2.08 bits per heavy atom. The highest BCUT2D eigenvalue weighted by molar-refractivity contribution is 5.88. The van der Waals surface area contributed by atoms with Crippen molar-refractivity contribution in [2.45, 2.75) is 58.9 Å². The highest BCUT2D eigenvalue weighted by Crippen LogP contribution is 2.32. The van der Waals surface area contributed by atoms with Gasteiger partial charge in [-0.1, -0.05) is 13.3 Å². The van der Waals surface area contributed by atoms with Crippen LogP contribution >= 0.6 is 0 Å². The number of hydrogen-bond donors (Lipinski definition) is 0. The van der Waals surface area contributed by atoms with Crippen molar-refractivity contribution < 1.29 is 0 Å². The molecule has 1 saturated carbocycles. The molecule has 70 valence electrons. The minimum Gasteiger partial charge on any atom is -0.291 e. The molecule has 0 heterocycles. The standard InChI is InChI=1S/C11H21N/c1-4-5-6-11(10-7-8-10)12-9(2)3/h9-10H,4-8H2,1-3H3. The van der Waals surface area contributed by atoms with Gasteiger partial charge in [-0.3, -0.25) is 4.99 Å². The summed E-state index contributed by atoms with van der Waals surface area (Å²) in [7, 11) is 0. The van der Waals surface area contributed by atoms with Gasteiger partial charge in [-0.05, 0) is 45.4 Å². The summed E-state index contributed by atoms with van der Waals surface area (Å²) in [5.41, 5.74) is 1.51. The van der Waals surface area contributed by atoms with Gasteiger partial charge in [-0.25, -0.2) is 0 Å². The molecule has 0 saturated heterocycles. The van der Waals surface area contributed by atoms with Gasteiger partial charge >= 0.3 is 0 Å². The van der Waals surface area contributed by atoms with Crippen molar-refractivity contribution >= 4 is 5.71 Å². The maximum absolute atomic E-state index is 4.69. The average molecular weight is 167 g/mol. The van der Waals surface area contributed by atoms with E-state index in [9.17, 15) is 0 Å². The van der Waals surface area contributed by atoms with E-state index in [1.807, 2.05) is 0 Å². The van der Waals surface area contributed by atoms with Crippen LogP contribution in [0.2, 0.25) is 0 Å². The van der Waals surface area contributed by atoms with E-state index in [0.29, 0.717) is 6.04 Å². The SMILES string of the molecule is CCCCC(=NC(C)C)C1CC1. The Bertz CT molecular complexity index is 154. The first-order valence-electron chi connectivity index (χ1n) is 5.30. The van der Waals surface area contributed by atoms with Crippen LogP contribution in [0.3, 0.4) is 0 Å². The summed E-state index contributed by atoms with van der Waals surface area (Å²) in [5.74, 6) is 0.874. The number of aliphatic imine (C=N–C) groups is 1. The highest BCUT2D eigenvalue weighted by Gasteiger charge is 2.26. The molecule has 0 unspecified atom stereocenters. The molecule has 0 atom stereocenters. The molecule has 0 aliphatic heterocycles. The third kappa shape index (κ3) is 3.38. The van der Waals surface area contributed by atoms with Crippen molar-refractivity contribution in [2.75, 3.05) is 0 Å². The molecule has 0 aromatic rings. The lowest BCUT2D eigenvalue weighted by Gasteiger charge is -2.06. The quantitative estimate of drug-likeness (QED) is 0.556. The summed E-state index contributed by atoms with van der Waals surface area (Å²) in [6.07, 6.45) is 6.66. The van der Waals surface area contributed by atoms with Crippen LogP contribution in [0, 0.1) is 5.92 Å². The number of hydrogen-bond acceptors (Lipinski definition) is 1. The predicted molar refractivity (Wildman–Crippen MR) is 54.8 cm³/mol. The molecule has 1 aliphatic carbocycles. The van der Waals surface area contributed by atoms with Gasteiger partial charge in [0, 0.05) is 11.8 Å². The highest BCUT2D eigenvalue weighted by atomic mass is 14.8. The van der Waals surface area contributed by atoms with Crippen LogP contribution in [-0.2, 0) is 0 Å².